The molecule has 22 heavy (non-hydrogen) atoms. The van der Waals surface area contributed by atoms with Crippen LogP contribution in [-0.4, -0.2) is 6.16 Å². The highest BCUT2D eigenvalue weighted by molar-refractivity contribution is 7.16. The molecule has 0 fully saturated rings. The molecule has 0 bridgehead atoms. The fourth-order valence-electron chi connectivity index (χ4n) is 3.10. The van der Waals surface area contributed by atoms with Gasteiger partial charge in [0.25, 0.3) is 0 Å². The van der Waals surface area contributed by atoms with E-state index in [1.165, 1.54) is 16.7 Å². The molecule has 3 rings (SSSR count). The fraction of sp³-hybridized carbons (Fsp3) is 0.100. The maximum absolute atomic E-state index is 2.24. The Morgan fingerprint density at radius 3 is 1.05 bits per heavy atom. The van der Waals surface area contributed by atoms with Crippen LogP contribution in [0.5, 0.6) is 0 Å². The number of benzene rings is 3. The zero-order valence-electron chi connectivity index (χ0n) is 12.5. The molecule has 0 radical (unpaired) electrons. The smallest absolute Gasteiger partial charge is 0.0782 e. The number of halogens is 1. The van der Waals surface area contributed by atoms with E-state index >= 15 is 0 Å². The predicted octanol–water partition coefficient (Wildman–Crippen LogP) is 1.63. The molecule has 0 spiro atoms. The summed E-state index contributed by atoms with van der Waals surface area (Å²) in [5.41, 5.74) is 4.01. The van der Waals surface area contributed by atoms with E-state index in [2.05, 4.69) is 91.0 Å². The van der Waals surface area contributed by atoms with Gasteiger partial charge in [-0.15, -0.1) is 0 Å². The zero-order valence-corrected chi connectivity index (χ0v) is 16.0. The highest BCUT2D eigenvalue weighted by Gasteiger charge is 2.36. The van der Waals surface area contributed by atoms with E-state index in [4.69, 9.17) is 0 Å². The van der Waals surface area contributed by atoms with Gasteiger partial charge in [0.15, 0.2) is 0 Å². The highest BCUT2D eigenvalue weighted by atomic mass is 127. The molecule has 3 aromatic rings. The average Bonchev–Trinajstić information content (AvgIpc) is 2.59. The number of rotatable bonds is 4. The average molecular weight is 418 g/mol. The van der Waals surface area contributed by atoms with Gasteiger partial charge < -0.3 is 24.0 Å². The van der Waals surface area contributed by atoms with E-state index in [1.807, 2.05) is 9.24 Å². The summed E-state index contributed by atoms with van der Waals surface area (Å²) < 4.78 is 0. The van der Waals surface area contributed by atoms with Gasteiger partial charge in [-0.3, -0.25) is 0 Å². The van der Waals surface area contributed by atoms with E-state index in [0.717, 1.165) is 6.16 Å². The maximum Gasteiger partial charge on any atom is 0.0782 e. The van der Waals surface area contributed by atoms with Gasteiger partial charge >= 0.3 is 0 Å². The molecule has 1 atom stereocenters. The van der Waals surface area contributed by atoms with E-state index in [-0.39, 0.29) is 29.4 Å². The molecule has 2 heteroatoms. The molecule has 0 saturated heterocycles. The van der Waals surface area contributed by atoms with Crippen LogP contribution >= 0.6 is 9.24 Å². The van der Waals surface area contributed by atoms with Crippen LogP contribution < -0.4 is 24.0 Å². The van der Waals surface area contributed by atoms with E-state index < -0.39 is 0 Å². The van der Waals surface area contributed by atoms with Crippen molar-refractivity contribution >= 4 is 9.24 Å². The minimum atomic E-state index is -0.0672. The molecule has 0 N–H and O–H groups in total. The van der Waals surface area contributed by atoms with Crippen LogP contribution in [0, 0.1) is 0 Å². The van der Waals surface area contributed by atoms with Gasteiger partial charge in [-0.1, -0.05) is 91.0 Å². The van der Waals surface area contributed by atoms with E-state index in [1.54, 1.807) is 0 Å². The van der Waals surface area contributed by atoms with E-state index in [9.17, 15) is 0 Å². The minimum Gasteiger partial charge on any atom is -1.00 e. The molecular weight excluding hydrogens is 398 g/mol. The van der Waals surface area contributed by atoms with Crippen LogP contribution in [0.25, 0.3) is 0 Å². The summed E-state index contributed by atoms with van der Waals surface area (Å²) in [6, 6.07) is 32.5. The zero-order chi connectivity index (χ0) is 14.5. The largest absolute Gasteiger partial charge is 1.00 e. The molecule has 3 aromatic carbocycles. The normalized spacial score (nSPS) is 10.9. The first-order chi connectivity index (χ1) is 10.4. The Hall–Kier alpha value is -1.18. The fourth-order valence-corrected chi connectivity index (χ4v) is 3.97. The molecular formula is C20H20IP. The summed E-state index contributed by atoms with van der Waals surface area (Å²) in [6.07, 6.45) is 1.06. The van der Waals surface area contributed by atoms with Gasteiger partial charge in [0.2, 0.25) is 0 Å². The summed E-state index contributed by atoms with van der Waals surface area (Å²) in [5.74, 6) is 0. The van der Waals surface area contributed by atoms with Gasteiger partial charge in [-0.2, -0.15) is 0 Å². The second-order valence-electron chi connectivity index (χ2n) is 5.25. The standard InChI is InChI=1S/C20H19P.HI/c21-16-20(17-10-4-1-5-11-17,18-12-6-2-7-13-18)19-14-8-3-9-15-19;/h1-15H,16,21H2;1H. The first-order valence-electron chi connectivity index (χ1n) is 7.34. The number of hydrogen-bond donors (Lipinski definition) is 0. The third-order valence-corrected chi connectivity index (χ3v) is 4.92. The molecule has 0 heterocycles. The van der Waals surface area contributed by atoms with Gasteiger partial charge in [0.1, 0.15) is 0 Å². The van der Waals surface area contributed by atoms with Gasteiger partial charge in [-0.25, -0.2) is 0 Å². The second-order valence-corrected chi connectivity index (χ2v) is 5.75. The summed E-state index contributed by atoms with van der Waals surface area (Å²) in [6.45, 7) is 0. The van der Waals surface area contributed by atoms with Crippen molar-refractivity contribution in [3.8, 4) is 0 Å². The molecule has 0 aliphatic rings. The lowest BCUT2D eigenvalue weighted by Crippen LogP contribution is -3.00. The Morgan fingerprint density at radius 2 is 0.818 bits per heavy atom. The Balaban J connectivity index is 0.00000176. The van der Waals surface area contributed by atoms with Gasteiger partial charge in [-0.05, 0) is 25.9 Å². The SMILES string of the molecule is [I-].[PH3+]CC(c1ccccc1)(c1ccccc1)c1ccccc1. The van der Waals surface area contributed by atoms with Crippen molar-refractivity contribution in [1.82, 2.24) is 0 Å². The Bertz CT molecular complexity index is 584. The number of hydrogen-bond acceptors (Lipinski definition) is 0. The van der Waals surface area contributed by atoms with Gasteiger partial charge in [0.05, 0.1) is 11.6 Å². The van der Waals surface area contributed by atoms with Crippen molar-refractivity contribution in [1.29, 1.82) is 0 Å². The summed E-state index contributed by atoms with van der Waals surface area (Å²) in [5, 5.41) is 0. The molecule has 1 unspecified atom stereocenters. The maximum atomic E-state index is 2.24. The van der Waals surface area contributed by atoms with Gasteiger partial charge in [0, 0.05) is 0 Å². The van der Waals surface area contributed by atoms with Crippen LogP contribution in [0.1, 0.15) is 16.7 Å². The Morgan fingerprint density at radius 1 is 0.545 bits per heavy atom. The van der Waals surface area contributed by atoms with Crippen molar-refractivity contribution in [2.45, 2.75) is 5.41 Å². The Kier molecular flexibility index (Phi) is 6.16. The van der Waals surface area contributed by atoms with Crippen molar-refractivity contribution < 1.29 is 24.0 Å². The summed E-state index contributed by atoms with van der Waals surface area (Å²) >= 11 is 0. The lowest BCUT2D eigenvalue weighted by atomic mass is 9.71. The van der Waals surface area contributed by atoms with E-state index in [0.29, 0.717) is 0 Å². The molecule has 0 aliphatic carbocycles. The van der Waals surface area contributed by atoms with Crippen molar-refractivity contribution in [2.75, 3.05) is 6.16 Å². The van der Waals surface area contributed by atoms with Crippen molar-refractivity contribution in [2.24, 2.45) is 0 Å². The first kappa shape index (κ1) is 17.2. The van der Waals surface area contributed by atoms with Crippen LogP contribution in [-0.2, 0) is 5.41 Å². The highest BCUT2D eigenvalue weighted by Crippen LogP contribution is 2.40. The van der Waals surface area contributed by atoms with Crippen LogP contribution in [0.3, 0.4) is 0 Å². The second kappa shape index (κ2) is 7.89. The van der Waals surface area contributed by atoms with Crippen molar-refractivity contribution in [3.63, 3.8) is 0 Å². The van der Waals surface area contributed by atoms with Crippen LogP contribution in [0.4, 0.5) is 0 Å². The minimum absolute atomic E-state index is 0. The molecule has 0 saturated carbocycles. The Labute approximate surface area is 152 Å². The van der Waals surface area contributed by atoms with Crippen LogP contribution in [0.2, 0.25) is 0 Å². The predicted molar refractivity (Wildman–Crippen MR) is 95.2 cm³/mol. The summed E-state index contributed by atoms with van der Waals surface area (Å²) in [7, 11) is 2.05. The third kappa shape index (κ3) is 3.11. The molecule has 0 amide bonds. The third-order valence-electron chi connectivity index (χ3n) is 4.17. The summed E-state index contributed by atoms with van der Waals surface area (Å²) in [4.78, 5) is 0. The molecule has 0 aliphatic heterocycles. The lowest BCUT2D eigenvalue weighted by Gasteiger charge is -2.32. The topological polar surface area (TPSA) is 0 Å². The quantitative estimate of drug-likeness (QED) is 0.344. The molecule has 112 valence electrons. The monoisotopic (exact) mass is 418 g/mol. The lowest BCUT2D eigenvalue weighted by molar-refractivity contribution is -0.00000401. The molecule has 0 aromatic heterocycles. The molecule has 0 nitrogen and oxygen atoms in total. The first-order valence-corrected chi connectivity index (χ1v) is 8.34. The van der Waals surface area contributed by atoms with Crippen molar-refractivity contribution in [3.05, 3.63) is 108 Å². The van der Waals surface area contributed by atoms with Crippen LogP contribution in [0.15, 0.2) is 91.0 Å².